The van der Waals surface area contributed by atoms with Gasteiger partial charge in [-0.1, -0.05) is 164 Å². The third-order valence-corrected chi connectivity index (χ3v) is 12.8. The highest BCUT2D eigenvalue weighted by atomic mass is 16.3. The summed E-state index contributed by atoms with van der Waals surface area (Å²) in [6.45, 7) is 0. The Morgan fingerprint density at radius 3 is 1.72 bits per heavy atom. The summed E-state index contributed by atoms with van der Waals surface area (Å²) in [6, 6.07) is 73.6. The molecule has 2 heterocycles. The van der Waals surface area contributed by atoms with Crippen LogP contribution < -0.4 is 4.90 Å². The van der Waals surface area contributed by atoms with Gasteiger partial charge in [0, 0.05) is 38.6 Å². The Morgan fingerprint density at radius 2 is 0.954 bits per heavy atom. The zero-order valence-electron chi connectivity index (χ0n) is 39.1. The van der Waals surface area contributed by atoms with E-state index in [0.29, 0.717) is 22.5 Å². The number of furan rings is 1. The summed E-state index contributed by atoms with van der Waals surface area (Å²) >= 11 is 0. The monoisotopic (exact) mass is 832 g/mol. The van der Waals surface area contributed by atoms with Crippen molar-refractivity contribution in [2.24, 2.45) is 0 Å². The van der Waals surface area contributed by atoms with Crippen LogP contribution in [0.5, 0.6) is 0 Å². The zero-order valence-corrected chi connectivity index (χ0v) is 35.1. The molecule has 0 spiro atoms. The van der Waals surface area contributed by atoms with Crippen LogP contribution in [-0.4, -0.2) is 4.57 Å². The number of para-hydroxylation sites is 2. The summed E-state index contributed by atoms with van der Waals surface area (Å²) in [7, 11) is 0. The minimum Gasteiger partial charge on any atom is -0.455 e. The molecule has 3 heteroatoms. The largest absolute Gasteiger partial charge is 0.455 e. The van der Waals surface area contributed by atoms with Crippen LogP contribution in [-0.2, 0) is 0 Å². The highest BCUT2D eigenvalue weighted by Gasteiger charge is 2.21. The molecule has 13 aromatic rings. The molecule has 0 aliphatic heterocycles. The van der Waals surface area contributed by atoms with Gasteiger partial charge in [-0.2, -0.15) is 0 Å². The van der Waals surface area contributed by atoms with Crippen molar-refractivity contribution in [3.05, 3.63) is 243 Å². The molecule has 3 nitrogen and oxygen atoms in total. The first-order chi connectivity index (χ1) is 33.9. The lowest BCUT2D eigenvalue weighted by Crippen LogP contribution is -2.10. The number of nitrogens with zero attached hydrogens (tertiary/aromatic N) is 2. The van der Waals surface area contributed by atoms with E-state index in [-0.39, 0.29) is 35.4 Å². The Labute approximate surface area is 381 Å². The van der Waals surface area contributed by atoms with Crippen molar-refractivity contribution in [3.63, 3.8) is 0 Å². The standard InChI is InChI=1S/C62H40N2O/c1-2-14-45-39-49(27-26-41(45)12-1)47-16-9-15-46(38-47)42-28-33-50(34-29-42)63(59-24-11-25-60-61(59)56-37-32-44-13-3-4-19-53(44)62(56)65-60)51-35-30-43(31-36-51)48-17-10-18-52(40-48)64-57-22-7-5-20-54(57)55-21-6-8-23-58(55)64/h1-40H/i28D,29D,33D,34D. The molecule has 0 amide bonds. The van der Waals surface area contributed by atoms with Crippen LogP contribution >= 0.6 is 0 Å². The average Bonchev–Trinajstić information content (AvgIpc) is 3.96. The molecule has 0 radical (unpaired) electrons. The Hall–Kier alpha value is -8.66. The number of fused-ring (bicyclic) bond motifs is 9. The summed E-state index contributed by atoms with van der Waals surface area (Å²) in [6.07, 6.45) is 0. The minimum atomic E-state index is -0.152. The van der Waals surface area contributed by atoms with Gasteiger partial charge in [-0.3, -0.25) is 0 Å². The SMILES string of the molecule is [2H]c1c([2H])c(N(c2ccc(-c3cccc(-n4c5ccccc5c5ccccc54)c3)cc2)c2cccc3oc4c5ccccc5ccc4c23)c([2H])c([2H])c1-c1cccc(-c2ccc3ccccc3c2)c1. The van der Waals surface area contributed by atoms with Gasteiger partial charge < -0.3 is 13.9 Å². The molecular weight excluding hydrogens is 789 g/mol. The summed E-state index contributed by atoms with van der Waals surface area (Å²) in [5.74, 6) is 0. The van der Waals surface area contributed by atoms with E-state index in [0.717, 1.165) is 76.9 Å². The number of aromatic nitrogens is 1. The second-order valence-electron chi connectivity index (χ2n) is 16.6. The summed E-state index contributed by atoms with van der Waals surface area (Å²) in [5.41, 5.74) is 11.0. The summed E-state index contributed by atoms with van der Waals surface area (Å²) in [4.78, 5) is 1.88. The molecule has 11 aromatic carbocycles. The van der Waals surface area contributed by atoms with Crippen molar-refractivity contribution in [2.75, 3.05) is 4.90 Å². The van der Waals surface area contributed by atoms with E-state index in [9.17, 15) is 5.48 Å². The van der Waals surface area contributed by atoms with Crippen molar-refractivity contribution in [1.29, 1.82) is 0 Å². The van der Waals surface area contributed by atoms with Gasteiger partial charge in [0.15, 0.2) is 0 Å². The van der Waals surface area contributed by atoms with E-state index in [1.165, 1.54) is 10.8 Å². The number of benzene rings is 11. The lowest BCUT2D eigenvalue weighted by atomic mass is 9.97. The molecule has 0 aliphatic carbocycles. The van der Waals surface area contributed by atoms with Crippen molar-refractivity contribution in [2.45, 2.75) is 0 Å². The second-order valence-corrected chi connectivity index (χ2v) is 16.6. The normalized spacial score (nSPS) is 12.6. The topological polar surface area (TPSA) is 21.3 Å². The Balaban J connectivity index is 0.973. The molecule has 0 saturated carbocycles. The quantitative estimate of drug-likeness (QED) is 0.160. The predicted octanol–water partition coefficient (Wildman–Crippen LogP) is 17.5. The minimum absolute atomic E-state index is 0.125. The van der Waals surface area contributed by atoms with Crippen molar-refractivity contribution < 1.29 is 9.90 Å². The number of rotatable bonds is 7. The van der Waals surface area contributed by atoms with Crippen LogP contribution in [0, 0.1) is 0 Å². The molecule has 65 heavy (non-hydrogen) atoms. The second kappa shape index (κ2) is 15.0. The maximum absolute atomic E-state index is 9.83. The molecule has 0 saturated heterocycles. The average molecular weight is 833 g/mol. The molecule has 0 atom stereocenters. The van der Waals surface area contributed by atoms with Gasteiger partial charge in [0.1, 0.15) is 11.2 Å². The molecule has 304 valence electrons. The summed E-state index contributed by atoms with van der Waals surface area (Å²) in [5, 5.41) is 8.40. The Morgan fingerprint density at radius 1 is 0.369 bits per heavy atom. The maximum Gasteiger partial charge on any atom is 0.143 e. The van der Waals surface area contributed by atoms with Crippen LogP contribution in [0.3, 0.4) is 0 Å². The fourth-order valence-corrected chi connectivity index (χ4v) is 9.72. The molecular formula is C62H40N2O. The van der Waals surface area contributed by atoms with Crippen LogP contribution in [0.25, 0.3) is 104 Å². The fraction of sp³-hybridized carbons (Fsp3) is 0. The first-order valence-corrected chi connectivity index (χ1v) is 21.9. The molecule has 13 rings (SSSR count). The van der Waals surface area contributed by atoms with Crippen molar-refractivity contribution >= 4 is 82.4 Å². The first-order valence-electron chi connectivity index (χ1n) is 23.9. The van der Waals surface area contributed by atoms with E-state index >= 15 is 0 Å². The van der Waals surface area contributed by atoms with Crippen LogP contribution in [0.1, 0.15) is 5.48 Å². The van der Waals surface area contributed by atoms with Gasteiger partial charge in [-0.05, 0) is 128 Å². The van der Waals surface area contributed by atoms with Gasteiger partial charge in [0.05, 0.1) is 27.6 Å². The van der Waals surface area contributed by atoms with E-state index in [1.807, 2.05) is 83.8 Å². The lowest BCUT2D eigenvalue weighted by Gasteiger charge is -2.26. The third-order valence-electron chi connectivity index (χ3n) is 12.8. The molecule has 0 aliphatic rings. The van der Waals surface area contributed by atoms with Crippen LogP contribution in [0.4, 0.5) is 17.1 Å². The van der Waals surface area contributed by atoms with Gasteiger partial charge in [-0.15, -0.1) is 0 Å². The fourth-order valence-electron chi connectivity index (χ4n) is 9.72. The van der Waals surface area contributed by atoms with E-state index in [1.54, 1.807) is 0 Å². The number of hydrogen-bond donors (Lipinski definition) is 0. The third kappa shape index (κ3) is 6.20. The molecule has 2 aromatic heterocycles. The highest BCUT2D eigenvalue weighted by Crippen LogP contribution is 2.45. The lowest BCUT2D eigenvalue weighted by molar-refractivity contribution is 0.672. The zero-order chi connectivity index (χ0) is 46.3. The van der Waals surface area contributed by atoms with Crippen molar-refractivity contribution in [1.82, 2.24) is 4.57 Å². The smallest absolute Gasteiger partial charge is 0.143 e. The maximum atomic E-state index is 9.83. The molecule has 0 unspecified atom stereocenters. The van der Waals surface area contributed by atoms with Gasteiger partial charge in [-0.25, -0.2) is 0 Å². The highest BCUT2D eigenvalue weighted by molar-refractivity contribution is 6.19. The van der Waals surface area contributed by atoms with Gasteiger partial charge >= 0.3 is 0 Å². The van der Waals surface area contributed by atoms with Gasteiger partial charge in [0.2, 0.25) is 0 Å². The number of hydrogen-bond acceptors (Lipinski definition) is 2. The predicted molar refractivity (Wildman–Crippen MR) is 274 cm³/mol. The van der Waals surface area contributed by atoms with Crippen LogP contribution in [0.2, 0.25) is 0 Å². The number of anilines is 3. The Bertz CT molecular complexity index is 4130. The van der Waals surface area contributed by atoms with Crippen molar-refractivity contribution in [3.8, 4) is 39.1 Å². The summed E-state index contributed by atoms with van der Waals surface area (Å²) < 4.78 is 47.9. The van der Waals surface area contributed by atoms with E-state index in [2.05, 4.69) is 144 Å². The first kappa shape index (κ1) is 33.0. The Kier molecular flexibility index (Phi) is 7.61. The van der Waals surface area contributed by atoms with Crippen LogP contribution in [0.15, 0.2) is 247 Å². The molecule has 0 fully saturated rings. The van der Waals surface area contributed by atoms with E-state index < -0.39 is 0 Å². The van der Waals surface area contributed by atoms with Gasteiger partial charge in [0.25, 0.3) is 0 Å². The molecule has 0 N–H and O–H groups in total. The molecule has 0 bridgehead atoms. The van der Waals surface area contributed by atoms with E-state index in [4.69, 9.17) is 4.42 Å².